The van der Waals surface area contributed by atoms with Gasteiger partial charge >= 0.3 is 0 Å². The summed E-state index contributed by atoms with van der Waals surface area (Å²) in [5.41, 5.74) is 2.77. The Kier molecular flexibility index (Phi) is 4.77. The third-order valence-corrected chi connectivity index (χ3v) is 4.77. The molecule has 2 aromatic rings. The third kappa shape index (κ3) is 3.41. The monoisotopic (exact) mass is 309 g/mol. The van der Waals surface area contributed by atoms with E-state index in [0.29, 0.717) is 6.04 Å². The number of aryl methyl sites for hydroxylation is 1. The minimum absolute atomic E-state index is 0.433. The lowest BCUT2D eigenvalue weighted by Crippen LogP contribution is -2.16. The molecule has 1 unspecified atom stereocenters. The van der Waals surface area contributed by atoms with E-state index < -0.39 is 0 Å². The number of hydrogen-bond acceptors (Lipinski definition) is 2. The third-order valence-electron chi connectivity index (χ3n) is 2.94. The molecule has 0 aliphatic rings. The van der Waals surface area contributed by atoms with Crippen molar-refractivity contribution in [2.45, 2.75) is 18.9 Å². The van der Waals surface area contributed by atoms with Crippen LogP contribution in [0.15, 0.2) is 45.6 Å². The van der Waals surface area contributed by atoms with E-state index in [1.54, 1.807) is 11.3 Å². The highest BCUT2D eigenvalue weighted by atomic mass is 79.9. The second-order valence-corrected chi connectivity index (χ2v) is 5.63. The summed E-state index contributed by atoms with van der Waals surface area (Å²) in [6.45, 7) is 0. The predicted octanol–water partition coefficient (Wildman–Crippen LogP) is 4.40. The van der Waals surface area contributed by atoms with Gasteiger partial charge in [0.2, 0.25) is 0 Å². The van der Waals surface area contributed by atoms with Crippen molar-refractivity contribution in [1.82, 2.24) is 5.32 Å². The minimum atomic E-state index is 0.433. The fraction of sp³-hybridized carbons (Fsp3) is 0.286. The van der Waals surface area contributed by atoms with E-state index in [9.17, 15) is 0 Å². The first-order valence-electron chi connectivity index (χ1n) is 5.74. The van der Waals surface area contributed by atoms with Gasteiger partial charge in [-0.15, -0.1) is 0 Å². The molecular formula is C14H16BrNS. The average Bonchev–Trinajstić information content (AvgIpc) is 2.77. The maximum Gasteiger partial charge on any atom is 0.0320 e. The Morgan fingerprint density at radius 1 is 1.24 bits per heavy atom. The predicted molar refractivity (Wildman–Crippen MR) is 78.6 cm³/mol. The van der Waals surface area contributed by atoms with Crippen molar-refractivity contribution >= 4 is 27.3 Å². The van der Waals surface area contributed by atoms with E-state index in [1.807, 2.05) is 7.05 Å². The van der Waals surface area contributed by atoms with E-state index in [4.69, 9.17) is 0 Å². The second kappa shape index (κ2) is 6.34. The van der Waals surface area contributed by atoms with Crippen molar-refractivity contribution in [2.24, 2.45) is 0 Å². The van der Waals surface area contributed by atoms with Crippen molar-refractivity contribution in [1.29, 1.82) is 0 Å². The lowest BCUT2D eigenvalue weighted by molar-refractivity contribution is 0.549. The van der Waals surface area contributed by atoms with Gasteiger partial charge in [0, 0.05) is 15.9 Å². The van der Waals surface area contributed by atoms with E-state index >= 15 is 0 Å². The lowest BCUT2D eigenvalue weighted by atomic mass is 10.0. The summed E-state index contributed by atoms with van der Waals surface area (Å²) in [5.74, 6) is 0. The minimum Gasteiger partial charge on any atom is -0.313 e. The van der Waals surface area contributed by atoms with Crippen LogP contribution < -0.4 is 5.32 Å². The van der Waals surface area contributed by atoms with Crippen molar-refractivity contribution in [3.05, 3.63) is 56.7 Å². The zero-order valence-electron chi connectivity index (χ0n) is 9.82. The number of benzene rings is 1. The summed E-state index contributed by atoms with van der Waals surface area (Å²) in [6, 6.07) is 11.1. The molecule has 1 heterocycles. The fourth-order valence-corrected chi connectivity index (χ4v) is 3.49. The van der Waals surface area contributed by atoms with Crippen LogP contribution in [0.1, 0.15) is 23.6 Å². The number of thiophene rings is 1. The number of halogens is 1. The van der Waals surface area contributed by atoms with Crippen molar-refractivity contribution in [2.75, 3.05) is 7.05 Å². The van der Waals surface area contributed by atoms with Gasteiger partial charge in [-0.3, -0.25) is 0 Å². The molecule has 1 nitrogen and oxygen atoms in total. The molecule has 0 radical (unpaired) electrons. The Bertz CT molecular complexity index is 452. The van der Waals surface area contributed by atoms with Crippen LogP contribution >= 0.6 is 27.3 Å². The molecular weight excluding hydrogens is 294 g/mol. The molecule has 17 heavy (non-hydrogen) atoms. The quantitative estimate of drug-likeness (QED) is 0.863. The largest absolute Gasteiger partial charge is 0.313 e. The molecule has 0 spiro atoms. The molecule has 1 aromatic carbocycles. The van der Waals surface area contributed by atoms with Gasteiger partial charge < -0.3 is 5.32 Å². The summed E-state index contributed by atoms with van der Waals surface area (Å²) in [5, 5.41) is 7.76. The molecule has 1 N–H and O–H groups in total. The van der Waals surface area contributed by atoms with Crippen LogP contribution in [0.25, 0.3) is 0 Å². The molecule has 0 amide bonds. The molecule has 0 aliphatic heterocycles. The first-order chi connectivity index (χ1) is 8.31. The molecule has 0 saturated carbocycles. The first-order valence-corrected chi connectivity index (χ1v) is 7.47. The Labute approximate surface area is 115 Å². The van der Waals surface area contributed by atoms with Crippen molar-refractivity contribution in [3.63, 3.8) is 0 Å². The van der Waals surface area contributed by atoms with Gasteiger partial charge in [0.1, 0.15) is 0 Å². The molecule has 0 aliphatic carbocycles. The Morgan fingerprint density at radius 2 is 2.00 bits per heavy atom. The summed E-state index contributed by atoms with van der Waals surface area (Å²) >= 11 is 5.34. The summed E-state index contributed by atoms with van der Waals surface area (Å²) in [4.78, 5) is 0. The fourth-order valence-electron chi connectivity index (χ4n) is 1.95. The second-order valence-electron chi connectivity index (χ2n) is 4.04. The normalized spacial score (nSPS) is 12.6. The zero-order valence-corrected chi connectivity index (χ0v) is 12.2. The van der Waals surface area contributed by atoms with Crippen LogP contribution in [-0.4, -0.2) is 7.05 Å². The van der Waals surface area contributed by atoms with Gasteiger partial charge in [0.05, 0.1) is 0 Å². The first kappa shape index (κ1) is 12.8. The molecule has 0 saturated heterocycles. The van der Waals surface area contributed by atoms with E-state index in [2.05, 4.69) is 62.3 Å². The zero-order chi connectivity index (χ0) is 12.1. The van der Waals surface area contributed by atoms with Gasteiger partial charge in [-0.1, -0.05) is 30.3 Å². The Morgan fingerprint density at radius 3 is 2.59 bits per heavy atom. The maximum absolute atomic E-state index is 3.58. The van der Waals surface area contributed by atoms with E-state index in [1.165, 1.54) is 15.6 Å². The molecule has 90 valence electrons. The molecule has 3 heteroatoms. The summed E-state index contributed by atoms with van der Waals surface area (Å²) < 4.78 is 1.24. The van der Waals surface area contributed by atoms with Crippen LogP contribution in [0.2, 0.25) is 0 Å². The number of rotatable bonds is 5. The highest BCUT2D eigenvalue weighted by molar-refractivity contribution is 9.10. The smallest absolute Gasteiger partial charge is 0.0320 e. The number of nitrogens with one attached hydrogen (secondary N) is 1. The molecule has 0 bridgehead atoms. The summed E-state index contributed by atoms with van der Waals surface area (Å²) in [6.07, 6.45) is 2.22. The molecule has 1 aromatic heterocycles. The van der Waals surface area contributed by atoms with Crippen LogP contribution in [0.5, 0.6) is 0 Å². The average molecular weight is 310 g/mol. The van der Waals surface area contributed by atoms with Crippen LogP contribution in [-0.2, 0) is 6.42 Å². The highest BCUT2D eigenvalue weighted by Crippen LogP contribution is 2.25. The number of hydrogen-bond donors (Lipinski definition) is 1. The van der Waals surface area contributed by atoms with Crippen LogP contribution in [0.4, 0.5) is 0 Å². The van der Waals surface area contributed by atoms with Gasteiger partial charge in [-0.05, 0) is 52.3 Å². The highest BCUT2D eigenvalue weighted by Gasteiger charge is 2.10. The molecule has 1 atom stereocenters. The van der Waals surface area contributed by atoms with Crippen molar-refractivity contribution < 1.29 is 0 Å². The standard InChI is InChI=1S/C14H16BrNS/c1-16-14(11-5-3-2-4-6-11)8-7-12-9-17-10-13(12)15/h2-6,9-10,14,16H,7-8H2,1H3. The van der Waals surface area contributed by atoms with Gasteiger partial charge in [-0.2, -0.15) is 11.3 Å². The van der Waals surface area contributed by atoms with Crippen molar-refractivity contribution in [3.8, 4) is 0 Å². The topological polar surface area (TPSA) is 12.0 Å². The lowest BCUT2D eigenvalue weighted by Gasteiger charge is -2.16. The van der Waals surface area contributed by atoms with Gasteiger partial charge in [0.15, 0.2) is 0 Å². The summed E-state index contributed by atoms with van der Waals surface area (Å²) in [7, 11) is 2.03. The van der Waals surface area contributed by atoms with Crippen LogP contribution in [0.3, 0.4) is 0 Å². The Balaban J connectivity index is 1.99. The van der Waals surface area contributed by atoms with E-state index in [-0.39, 0.29) is 0 Å². The van der Waals surface area contributed by atoms with Crippen LogP contribution in [0, 0.1) is 0 Å². The maximum atomic E-state index is 3.58. The SMILES string of the molecule is CNC(CCc1cscc1Br)c1ccccc1. The Hall–Kier alpha value is -0.640. The van der Waals surface area contributed by atoms with Gasteiger partial charge in [-0.25, -0.2) is 0 Å². The molecule has 0 fully saturated rings. The van der Waals surface area contributed by atoms with E-state index in [0.717, 1.165) is 12.8 Å². The van der Waals surface area contributed by atoms with Gasteiger partial charge in [0.25, 0.3) is 0 Å². The molecule has 2 rings (SSSR count).